The van der Waals surface area contributed by atoms with Crippen molar-refractivity contribution in [3.63, 3.8) is 0 Å². The van der Waals surface area contributed by atoms with Crippen LogP contribution in [0.1, 0.15) is 191 Å². The minimum atomic E-state index is -0.486. The van der Waals surface area contributed by atoms with E-state index < -0.39 is 18.3 Å². The van der Waals surface area contributed by atoms with Crippen LogP contribution >= 0.6 is 0 Å². The lowest BCUT2D eigenvalue weighted by Crippen LogP contribution is -2.41. The predicted molar refractivity (Wildman–Crippen MR) is 328 cm³/mol. The summed E-state index contributed by atoms with van der Waals surface area (Å²) in [6, 6.07) is 41.8. The number of hydrogen-bond acceptors (Lipinski definition) is 2. The average Bonchev–Trinajstić information content (AvgIpc) is 3.87. The fourth-order valence-corrected chi connectivity index (χ4v) is 12.4. The van der Waals surface area contributed by atoms with E-state index in [4.69, 9.17) is 9.31 Å². The number of hydrogen-bond donors (Lipinski definition) is 0. The maximum Gasteiger partial charge on any atom is 0.495 e. The van der Waals surface area contributed by atoms with Gasteiger partial charge in [-0.3, -0.25) is 0 Å². The van der Waals surface area contributed by atoms with Gasteiger partial charge >= 0.3 is 7.12 Å². The summed E-state index contributed by atoms with van der Waals surface area (Å²) in [6.07, 6.45) is 0. The maximum atomic E-state index is 7.01. The molecule has 0 radical (unpaired) electrons. The summed E-state index contributed by atoms with van der Waals surface area (Å²) in [5.74, 6) is 0.537. The lowest BCUT2D eigenvalue weighted by molar-refractivity contribution is 0.00578. The van der Waals surface area contributed by atoms with Gasteiger partial charge in [-0.2, -0.15) is 0 Å². The molecule has 1 fully saturated rings. The molecule has 0 saturated carbocycles. The van der Waals surface area contributed by atoms with Crippen LogP contribution in [0.2, 0.25) is 0 Å². The highest BCUT2D eigenvalue weighted by Gasteiger charge is 2.53. The van der Waals surface area contributed by atoms with Crippen molar-refractivity contribution in [3.8, 4) is 22.3 Å². The van der Waals surface area contributed by atoms with Crippen LogP contribution in [0.3, 0.4) is 0 Å². The molecule has 11 rings (SSSR count). The highest BCUT2D eigenvalue weighted by Crippen LogP contribution is 2.55. The monoisotopic (exact) mass is 979 g/mol. The summed E-state index contributed by atoms with van der Waals surface area (Å²) in [5.41, 5.74) is 13.3. The van der Waals surface area contributed by atoms with E-state index in [1.54, 1.807) is 0 Å². The summed E-state index contributed by atoms with van der Waals surface area (Å²) in [7, 11) is -0.486. The van der Waals surface area contributed by atoms with Crippen molar-refractivity contribution < 1.29 is 9.31 Å². The second kappa shape index (κ2) is 16.8. The Balaban J connectivity index is 0.00000626. The van der Waals surface area contributed by atoms with E-state index in [-0.39, 0.29) is 35.0 Å². The van der Waals surface area contributed by atoms with E-state index in [0.29, 0.717) is 5.92 Å². The molecule has 0 aromatic heterocycles. The summed E-state index contributed by atoms with van der Waals surface area (Å²) in [4.78, 5) is 0. The molecule has 3 heteroatoms. The number of fused-ring (bicyclic) bond motifs is 7. The minimum Gasteiger partial charge on any atom is -0.399 e. The first kappa shape index (κ1) is 52.0. The first-order chi connectivity index (χ1) is 33.9. The topological polar surface area (TPSA) is 18.5 Å². The van der Waals surface area contributed by atoms with E-state index in [0.717, 1.165) is 0 Å². The fourth-order valence-electron chi connectivity index (χ4n) is 12.4. The van der Waals surface area contributed by atoms with Gasteiger partial charge in [0.05, 0.1) is 11.2 Å². The van der Waals surface area contributed by atoms with Gasteiger partial charge in [-0.1, -0.05) is 209 Å². The minimum absolute atomic E-state index is 0. The van der Waals surface area contributed by atoms with E-state index >= 15 is 0 Å². The molecule has 0 N–H and O–H groups in total. The molecule has 0 spiro atoms. The van der Waals surface area contributed by atoms with Gasteiger partial charge in [0.1, 0.15) is 0 Å². The Kier molecular flexibility index (Phi) is 11.8. The zero-order valence-electron chi connectivity index (χ0n) is 47.9. The summed E-state index contributed by atoms with van der Waals surface area (Å²) < 4.78 is 14.0. The first-order valence-corrected chi connectivity index (χ1v) is 27.4. The van der Waals surface area contributed by atoms with Gasteiger partial charge in [-0.25, -0.2) is 0 Å². The van der Waals surface area contributed by atoms with Crippen LogP contribution in [0.15, 0.2) is 103 Å². The summed E-state index contributed by atoms with van der Waals surface area (Å²) in [5, 5.41) is 18.5. The Morgan fingerprint density at radius 3 is 1.19 bits per heavy atom. The summed E-state index contributed by atoms with van der Waals surface area (Å²) >= 11 is 0. The highest BCUT2D eigenvalue weighted by atomic mass is 16.7. The van der Waals surface area contributed by atoms with Gasteiger partial charge < -0.3 is 9.31 Å². The van der Waals surface area contributed by atoms with E-state index in [9.17, 15) is 0 Å². The lowest BCUT2D eigenvalue weighted by atomic mass is 9.70. The van der Waals surface area contributed by atoms with Crippen LogP contribution in [-0.2, 0) is 31.0 Å². The van der Waals surface area contributed by atoms with Crippen molar-refractivity contribution in [1.29, 1.82) is 0 Å². The van der Waals surface area contributed by atoms with Gasteiger partial charge in [0, 0.05) is 0 Å². The predicted octanol–water partition coefficient (Wildman–Crippen LogP) is 20.3. The molecule has 10 aromatic carbocycles. The number of rotatable bonds is 5. The van der Waals surface area contributed by atoms with Crippen LogP contribution in [-0.4, -0.2) is 18.3 Å². The third-order valence-corrected chi connectivity index (χ3v) is 17.5. The van der Waals surface area contributed by atoms with Crippen LogP contribution in [0.25, 0.3) is 97.7 Å². The smallest absolute Gasteiger partial charge is 0.399 e. The first-order valence-electron chi connectivity index (χ1n) is 27.4. The van der Waals surface area contributed by atoms with E-state index in [2.05, 4.69) is 242 Å². The average molecular weight is 979 g/mol. The fraction of sp³-hybridized carbons (Fsp3) is 0.408. The molecular weight excluding hydrogens is 896 g/mol. The van der Waals surface area contributed by atoms with Gasteiger partial charge in [0.2, 0.25) is 0 Å². The molecule has 0 unspecified atom stereocenters. The van der Waals surface area contributed by atoms with Crippen LogP contribution in [0.4, 0.5) is 0 Å². The van der Waals surface area contributed by atoms with Gasteiger partial charge in [0.15, 0.2) is 0 Å². The van der Waals surface area contributed by atoms with E-state index in [1.807, 2.05) is 0 Å². The van der Waals surface area contributed by atoms with Crippen molar-refractivity contribution in [3.05, 3.63) is 137 Å². The van der Waals surface area contributed by atoms with Crippen molar-refractivity contribution in [2.24, 2.45) is 0 Å². The Hall–Kier alpha value is -5.48. The molecule has 382 valence electrons. The molecule has 10 aromatic rings. The molecule has 2 nitrogen and oxygen atoms in total. The van der Waals surface area contributed by atoms with Crippen molar-refractivity contribution in [2.45, 2.75) is 191 Å². The van der Waals surface area contributed by atoms with Crippen molar-refractivity contribution in [2.75, 3.05) is 0 Å². The van der Waals surface area contributed by atoms with Gasteiger partial charge in [0.25, 0.3) is 0 Å². The third kappa shape index (κ3) is 7.87. The van der Waals surface area contributed by atoms with Crippen molar-refractivity contribution >= 4 is 88.0 Å². The molecule has 0 aliphatic carbocycles. The normalized spacial score (nSPS) is 15.8. The van der Waals surface area contributed by atoms with Gasteiger partial charge in [-0.15, -0.1) is 0 Å². The SMILES string of the molecule is C.CC(C)c1cc2c3cc4c(-c5cc(C(C)(C)C)cc(C(C)(C)C)c5)c5c6cccc7cccc(c5c(-c5cc(C(C)(C)C)cc(C(C)(C)C)c5)c4cc3c3c(C(C)C)ccc(c1B1OC(C)(C)C(C)(C)O1)c23)c76. The maximum absolute atomic E-state index is 7.01. The number of benzene rings is 8. The van der Waals surface area contributed by atoms with Crippen LogP contribution in [0.5, 0.6) is 0 Å². The standard InChI is InChI=1S/C70H79BO2.CH4/c1-38(2)47-27-28-50-61-53(35-51(39(3)4)64(50)71-72-69(17,18)70(19,20)73-71)52-36-55-56(37-54(52)60(47)61)59(42-31-45(67(11,12)13)34-46(32-42)68(14,15)16)63-49-26-22-24-40-23-21-25-48(57(40)49)62(63)58(55)41-29-43(65(5,6)7)33-44(30-41)66(8,9)10;/h21-39H,1-20H3;1H4. The molecule has 1 saturated heterocycles. The second-order valence-corrected chi connectivity index (χ2v) is 28.0. The Labute approximate surface area is 444 Å². The molecule has 1 aliphatic heterocycles. The zero-order valence-corrected chi connectivity index (χ0v) is 47.9. The molecule has 1 heterocycles. The second-order valence-electron chi connectivity index (χ2n) is 28.0. The lowest BCUT2D eigenvalue weighted by Gasteiger charge is -2.32. The molecule has 0 atom stereocenters. The molecular formula is C71H83BO2. The summed E-state index contributed by atoms with van der Waals surface area (Å²) in [6.45, 7) is 46.6. The molecule has 0 bridgehead atoms. The Morgan fingerprint density at radius 2 is 0.784 bits per heavy atom. The molecule has 1 aliphatic rings. The van der Waals surface area contributed by atoms with Crippen molar-refractivity contribution in [1.82, 2.24) is 0 Å². The quantitative estimate of drug-likeness (QED) is 0.160. The molecule has 0 amide bonds. The Bertz CT molecular complexity index is 3800. The third-order valence-electron chi connectivity index (χ3n) is 17.5. The van der Waals surface area contributed by atoms with E-state index in [1.165, 1.54) is 137 Å². The zero-order chi connectivity index (χ0) is 52.6. The van der Waals surface area contributed by atoms with Crippen LogP contribution in [0, 0.1) is 0 Å². The largest absolute Gasteiger partial charge is 0.495 e. The molecule has 74 heavy (non-hydrogen) atoms. The highest BCUT2D eigenvalue weighted by molar-refractivity contribution is 6.66. The van der Waals surface area contributed by atoms with Gasteiger partial charge in [-0.05, 0) is 210 Å². The Morgan fingerprint density at radius 1 is 0.378 bits per heavy atom. The van der Waals surface area contributed by atoms with Crippen LogP contribution < -0.4 is 5.46 Å².